The molecule has 0 aliphatic rings. The minimum Gasteiger partial charge on any atom is -0.416 e. The topological polar surface area (TPSA) is 35.5 Å². The van der Waals surface area contributed by atoms with E-state index < -0.39 is 7.60 Å². The molecule has 2 aromatic rings. The highest BCUT2D eigenvalue weighted by molar-refractivity contribution is 7.54. The van der Waals surface area contributed by atoms with Gasteiger partial charge in [0.05, 0.1) is 6.16 Å². The minimum atomic E-state index is -3.30. The first-order valence-corrected chi connectivity index (χ1v) is 11.9. The van der Waals surface area contributed by atoms with Crippen LogP contribution in [0.25, 0.3) is 0 Å². The Balaban J connectivity index is 2.41. The van der Waals surface area contributed by atoms with Gasteiger partial charge in [-0.2, -0.15) is 0 Å². The summed E-state index contributed by atoms with van der Waals surface area (Å²) < 4.78 is 25.9. The fourth-order valence-electron chi connectivity index (χ4n) is 3.54. The predicted molar refractivity (Wildman–Crippen MR) is 114 cm³/mol. The van der Waals surface area contributed by atoms with Crippen molar-refractivity contribution in [2.75, 3.05) is 6.16 Å². The second-order valence-corrected chi connectivity index (χ2v) is 8.75. The lowest BCUT2D eigenvalue weighted by atomic mass is 10.0. The summed E-state index contributed by atoms with van der Waals surface area (Å²) in [7, 11) is -3.30. The molecule has 0 aromatic heterocycles. The number of aryl methyl sites for hydroxylation is 2. The van der Waals surface area contributed by atoms with Crippen LogP contribution in [0.15, 0.2) is 36.4 Å². The van der Waals surface area contributed by atoms with Crippen molar-refractivity contribution >= 4 is 7.60 Å². The Morgan fingerprint density at radius 3 is 1.48 bits per heavy atom. The molecule has 0 amide bonds. The van der Waals surface area contributed by atoms with E-state index in [1.54, 1.807) is 0 Å². The van der Waals surface area contributed by atoms with Gasteiger partial charge in [-0.15, -0.1) is 0 Å². The summed E-state index contributed by atoms with van der Waals surface area (Å²) in [5.41, 5.74) is 4.72. The Kier molecular flexibility index (Phi) is 7.98. The third-order valence-corrected chi connectivity index (χ3v) is 6.85. The fraction of sp³-hybridized carbons (Fsp3) is 0.478. The maximum absolute atomic E-state index is 13.6. The van der Waals surface area contributed by atoms with Crippen LogP contribution < -0.4 is 9.05 Å². The predicted octanol–water partition coefficient (Wildman–Crippen LogP) is 7.00. The third kappa shape index (κ3) is 5.17. The molecular weight excluding hydrogens is 355 g/mol. The van der Waals surface area contributed by atoms with Crippen molar-refractivity contribution in [2.24, 2.45) is 0 Å². The van der Waals surface area contributed by atoms with E-state index in [1.807, 2.05) is 31.2 Å². The largest absolute Gasteiger partial charge is 0.430 e. The van der Waals surface area contributed by atoms with Crippen LogP contribution in [0.1, 0.15) is 63.3 Å². The zero-order valence-electron chi connectivity index (χ0n) is 17.4. The van der Waals surface area contributed by atoms with Gasteiger partial charge in [0.1, 0.15) is 11.5 Å². The Morgan fingerprint density at radius 1 is 0.704 bits per heavy atom. The highest BCUT2D eigenvalue weighted by atomic mass is 31.2. The molecule has 0 bridgehead atoms. The maximum Gasteiger partial charge on any atom is 0.430 e. The molecule has 0 N–H and O–H groups in total. The van der Waals surface area contributed by atoms with Gasteiger partial charge in [0.2, 0.25) is 0 Å². The molecule has 0 heterocycles. The Labute approximate surface area is 164 Å². The van der Waals surface area contributed by atoms with Crippen LogP contribution in [-0.4, -0.2) is 6.16 Å². The molecular formula is C23H33O3P. The SMILES string of the molecule is CCCP(=O)(Oc1cccc(CC)c1CC)Oc1cccc(CC)c1CC. The molecule has 0 saturated heterocycles. The summed E-state index contributed by atoms with van der Waals surface area (Å²) in [5, 5.41) is 0. The van der Waals surface area contributed by atoms with E-state index in [0.717, 1.165) is 43.2 Å². The summed E-state index contributed by atoms with van der Waals surface area (Å²) in [6.07, 6.45) is 4.68. The van der Waals surface area contributed by atoms with Crippen LogP contribution in [0.2, 0.25) is 0 Å². The molecule has 0 saturated carbocycles. The van der Waals surface area contributed by atoms with E-state index in [4.69, 9.17) is 9.05 Å². The Bertz CT molecular complexity index is 737. The van der Waals surface area contributed by atoms with Crippen LogP contribution in [-0.2, 0) is 30.2 Å². The van der Waals surface area contributed by atoms with Crippen molar-refractivity contribution in [3.05, 3.63) is 58.7 Å². The molecule has 0 fully saturated rings. The fourth-order valence-corrected chi connectivity index (χ4v) is 5.25. The van der Waals surface area contributed by atoms with Crippen LogP contribution in [0.5, 0.6) is 11.5 Å². The summed E-state index contributed by atoms with van der Waals surface area (Å²) in [4.78, 5) is 0. The smallest absolute Gasteiger partial charge is 0.416 e. The van der Waals surface area contributed by atoms with Gasteiger partial charge in [-0.3, -0.25) is 0 Å². The number of hydrogen-bond donors (Lipinski definition) is 0. The molecule has 4 heteroatoms. The number of rotatable bonds is 10. The molecule has 0 aliphatic heterocycles. The monoisotopic (exact) mass is 388 g/mol. The lowest BCUT2D eigenvalue weighted by Crippen LogP contribution is -2.08. The highest BCUT2D eigenvalue weighted by Gasteiger charge is 2.29. The normalized spacial score (nSPS) is 11.4. The molecule has 2 aromatic carbocycles. The van der Waals surface area contributed by atoms with Crippen molar-refractivity contribution in [3.8, 4) is 11.5 Å². The van der Waals surface area contributed by atoms with E-state index >= 15 is 0 Å². The van der Waals surface area contributed by atoms with E-state index in [1.165, 1.54) is 11.1 Å². The van der Waals surface area contributed by atoms with E-state index in [2.05, 4.69) is 39.8 Å². The molecule has 2 rings (SSSR count). The van der Waals surface area contributed by atoms with Crippen molar-refractivity contribution in [2.45, 2.75) is 66.7 Å². The molecule has 0 radical (unpaired) electrons. The summed E-state index contributed by atoms with van der Waals surface area (Å²) in [6.45, 7) is 10.5. The van der Waals surface area contributed by atoms with Crippen LogP contribution in [0, 0.1) is 0 Å². The van der Waals surface area contributed by atoms with E-state index in [-0.39, 0.29) is 0 Å². The second kappa shape index (κ2) is 9.99. The summed E-state index contributed by atoms with van der Waals surface area (Å²) >= 11 is 0. The van der Waals surface area contributed by atoms with Crippen LogP contribution >= 0.6 is 7.60 Å². The van der Waals surface area contributed by atoms with Crippen LogP contribution in [0.3, 0.4) is 0 Å². The van der Waals surface area contributed by atoms with Crippen LogP contribution in [0.4, 0.5) is 0 Å². The van der Waals surface area contributed by atoms with E-state index in [9.17, 15) is 4.57 Å². The van der Waals surface area contributed by atoms with E-state index in [0.29, 0.717) is 17.7 Å². The summed E-state index contributed by atoms with van der Waals surface area (Å²) in [6, 6.07) is 12.0. The van der Waals surface area contributed by atoms with Gasteiger partial charge < -0.3 is 9.05 Å². The third-order valence-electron chi connectivity index (χ3n) is 4.90. The summed E-state index contributed by atoms with van der Waals surface area (Å²) in [5.74, 6) is 1.39. The first kappa shape index (κ1) is 21.6. The first-order valence-electron chi connectivity index (χ1n) is 10.2. The van der Waals surface area contributed by atoms with Gasteiger partial charge in [0, 0.05) is 0 Å². The first-order chi connectivity index (χ1) is 13.0. The zero-order chi connectivity index (χ0) is 19.9. The van der Waals surface area contributed by atoms with Gasteiger partial charge in [0.15, 0.2) is 0 Å². The van der Waals surface area contributed by atoms with Gasteiger partial charge in [-0.25, -0.2) is 4.57 Å². The second-order valence-electron chi connectivity index (χ2n) is 6.72. The van der Waals surface area contributed by atoms with Crippen molar-refractivity contribution in [1.29, 1.82) is 0 Å². The molecule has 0 aliphatic carbocycles. The van der Waals surface area contributed by atoms with Gasteiger partial charge in [0.25, 0.3) is 0 Å². The Morgan fingerprint density at radius 2 is 1.15 bits per heavy atom. The zero-order valence-corrected chi connectivity index (χ0v) is 18.3. The lowest BCUT2D eigenvalue weighted by molar-refractivity contribution is 0.382. The average Bonchev–Trinajstić information content (AvgIpc) is 2.67. The van der Waals surface area contributed by atoms with Crippen molar-refractivity contribution in [1.82, 2.24) is 0 Å². The number of benzene rings is 2. The molecule has 27 heavy (non-hydrogen) atoms. The van der Waals surface area contributed by atoms with Crippen molar-refractivity contribution in [3.63, 3.8) is 0 Å². The maximum atomic E-state index is 13.6. The lowest BCUT2D eigenvalue weighted by Gasteiger charge is -2.23. The van der Waals surface area contributed by atoms with Crippen molar-refractivity contribution < 1.29 is 13.6 Å². The highest BCUT2D eigenvalue weighted by Crippen LogP contribution is 2.51. The molecule has 3 nitrogen and oxygen atoms in total. The standard InChI is InChI=1S/C23H33O3P/c1-6-17-27(24,25-22-15-11-13-18(7-2)20(22)9-4)26-23-16-12-14-19(8-3)21(23)10-5/h11-16H,6-10,17H2,1-5H3. The van der Waals surface area contributed by atoms with Gasteiger partial charge in [-0.1, -0.05) is 58.9 Å². The Hall–Kier alpha value is -1.73. The van der Waals surface area contributed by atoms with Gasteiger partial charge >= 0.3 is 7.60 Å². The molecule has 148 valence electrons. The number of hydrogen-bond acceptors (Lipinski definition) is 3. The average molecular weight is 388 g/mol. The molecule has 0 spiro atoms. The molecule has 0 unspecified atom stereocenters. The molecule has 0 atom stereocenters. The van der Waals surface area contributed by atoms with Gasteiger partial charge in [-0.05, 0) is 66.5 Å². The quantitative estimate of drug-likeness (QED) is 0.411. The minimum absolute atomic E-state index is 0.395.